The second-order valence-corrected chi connectivity index (χ2v) is 8.36. The molecule has 2 N–H and O–H groups in total. The molecule has 21 heavy (non-hydrogen) atoms. The quantitative estimate of drug-likeness (QED) is 0.713. The fourth-order valence-electron chi connectivity index (χ4n) is 1.61. The highest BCUT2D eigenvalue weighted by molar-refractivity contribution is 9.10. The van der Waals surface area contributed by atoms with Crippen LogP contribution in [0.4, 0.5) is 5.82 Å². The van der Waals surface area contributed by atoms with Crippen LogP contribution in [0, 0.1) is 0 Å². The van der Waals surface area contributed by atoms with Gasteiger partial charge in [-0.25, -0.2) is 13.4 Å². The maximum absolute atomic E-state index is 12.3. The Balaban J connectivity index is 2.07. The summed E-state index contributed by atoms with van der Waals surface area (Å²) >= 11 is 4.52. The van der Waals surface area contributed by atoms with Crippen LogP contribution in [0.15, 0.2) is 39.1 Å². The Kier molecular flexibility index (Phi) is 5.74. The third-order valence-electron chi connectivity index (χ3n) is 2.59. The SMILES string of the molecule is CCCNCc1ccc(S(=O)(=O)Nc2ccc(Br)cn2)s1. The predicted molar refractivity (Wildman–Crippen MR) is 89.1 cm³/mol. The first kappa shape index (κ1) is 16.4. The fraction of sp³-hybridized carbons (Fsp3) is 0.308. The minimum atomic E-state index is -3.57. The Hall–Kier alpha value is -0.960. The van der Waals surface area contributed by atoms with Gasteiger partial charge >= 0.3 is 0 Å². The molecule has 0 aliphatic heterocycles. The van der Waals surface area contributed by atoms with Gasteiger partial charge < -0.3 is 5.32 Å². The monoisotopic (exact) mass is 389 g/mol. The minimum Gasteiger partial charge on any atom is -0.312 e. The molecule has 0 unspecified atom stereocenters. The molecule has 2 heterocycles. The number of rotatable bonds is 7. The smallest absolute Gasteiger partial charge is 0.272 e. The van der Waals surface area contributed by atoms with Crippen molar-refractivity contribution in [3.63, 3.8) is 0 Å². The van der Waals surface area contributed by atoms with Gasteiger partial charge in [-0.1, -0.05) is 6.92 Å². The number of nitrogens with one attached hydrogen (secondary N) is 2. The van der Waals surface area contributed by atoms with Crippen molar-refractivity contribution in [3.05, 3.63) is 39.8 Å². The Morgan fingerprint density at radius 3 is 2.76 bits per heavy atom. The highest BCUT2D eigenvalue weighted by Gasteiger charge is 2.17. The highest BCUT2D eigenvalue weighted by atomic mass is 79.9. The molecule has 0 atom stereocenters. The first-order valence-electron chi connectivity index (χ1n) is 6.45. The van der Waals surface area contributed by atoms with Crippen LogP contribution in [-0.2, 0) is 16.6 Å². The molecule has 5 nitrogen and oxygen atoms in total. The molecule has 0 aromatic carbocycles. The van der Waals surface area contributed by atoms with E-state index in [0.29, 0.717) is 16.6 Å². The van der Waals surface area contributed by atoms with Crippen LogP contribution in [0.25, 0.3) is 0 Å². The van der Waals surface area contributed by atoms with E-state index in [9.17, 15) is 8.42 Å². The number of sulfonamides is 1. The summed E-state index contributed by atoms with van der Waals surface area (Å²) in [4.78, 5) is 5.00. The largest absolute Gasteiger partial charge is 0.312 e. The lowest BCUT2D eigenvalue weighted by molar-refractivity contribution is 0.603. The van der Waals surface area contributed by atoms with E-state index in [4.69, 9.17) is 0 Å². The third-order valence-corrected chi connectivity index (χ3v) is 6.00. The van der Waals surface area contributed by atoms with Crippen molar-refractivity contribution in [3.8, 4) is 0 Å². The number of thiophene rings is 1. The molecule has 2 aromatic heterocycles. The Bertz CT molecular complexity index is 684. The molecule has 2 rings (SSSR count). The summed E-state index contributed by atoms with van der Waals surface area (Å²) in [6.45, 7) is 3.69. The Labute approximate surface area is 137 Å². The van der Waals surface area contributed by atoms with Crippen LogP contribution >= 0.6 is 27.3 Å². The highest BCUT2D eigenvalue weighted by Crippen LogP contribution is 2.23. The topological polar surface area (TPSA) is 71.1 Å². The Morgan fingerprint density at radius 1 is 1.29 bits per heavy atom. The van der Waals surface area contributed by atoms with E-state index in [1.165, 1.54) is 11.3 Å². The zero-order valence-corrected chi connectivity index (χ0v) is 14.7. The van der Waals surface area contributed by atoms with Gasteiger partial charge in [0, 0.05) is 22.1 Å². The van der Waals surface area contributed by atoms with Gasteiger partial charge in [-0.15, -0.1) is 11.3 Å². The van der Waals surface area contributed by atoms with Gasteiger partial charge in [0.15, 0.2) is 0 Å². The first-order valence-corrected chi connectivity index (χ1v) is 9.54. The van der Waals surface area contributed by atoms with E-state index in [1.54, 1.807) is 24.4 Å². The van der Waals surface area contributed by atoms with Gasteiger partial charge in [-0.2, -0.15) is 0 Å². The van der Waals surface area contributed by atoms with Gasteiger partial charge in [-0.3, -0.25) is 4.72 Å². The maximum atomic E-state index is 12.3. The molecule has 0 spiro atoms. The number of halogens is 1. The number of hydrogen-bond donors (Lipinski definition) is 2. The number of nitrogens with zero attached hydrogens (tertiary/aromatic N) is 1. The van der Waals surface area contributed by atoms with Gasteiger partial charge in [-0.05, 0) is 53.2 Å². The molecule has 8 heteroatoms. The fourth-order valence-corrected chi connectivity index (χ4v) is 4.18. The average molecular weight is 390 g/mol. The van der Waals surface area contributed by atoms with E-state index < -0.39 is 10.0 Å². The molecule has 0 saturated heterocycles. The van der Waals surface area contributed by atoms with E-state index >= 15 is 0 Å². The van der Waals surface area contributed by atoms with E-state index in [0.717, 1.165) is 22.3 Å². The van der Waals surface area contributed by atoms with Crippen molar-refractivity contribution in [1.29, 1.82) is 0 Å². The van der Waals surface area contributed by atoms with Gasteiger partial charge in [0.1, 0.15) is 10.0 Å². The van der Waals surface area contributed by atoms with E-state index in [-0.39, 0.29) is 0 Å². The van der Waals surface area contributed by atoms with Gasteiger partial charge in [0.2, 0.25) is 0 Å². The number of aromatic nitrogens is 1. The van der Waals surface area contributed by atoms with E-state index in [1.807, 2.05) is 6.07 Å². The van der Waals surface area contributed by atoms with Crippen LogP contribution in [0.5, 0.6) is 0 Å². The van der Waals surface area contributed by atoms with Gasteiger partial charge in [0.25, 0.3) is 10.0 Å². The normalized spacial score (nSPS) is 11.5. The van der Waals surface area contributed by atoms with Crippen LogP contribution in [0.2, 0.25) is 0 Å². The summed E-state index contributed by atoms with van der Waals surface area (Å²) in [7, 11) is -3.57. The lowest BCUT2D eigenvalue weighted by Crippen LogP contribution is -2.13. The zero-order valence-electron chi connectivity index (χ0n) is 11.5. The molecular formula is C13H16BrN3O2S2. The minimum absolute atomic E-state index is 0.292. The van der Waals surface area contributed by atoms with Crippen molar-refractivity contribution >= 4 is 43.1 Å². The second-order valence-electron chi connectivity index (χ2n) is 4.36. The molecule has 0 amide bonds. The summed E-state index contributed by atoms with van der Waals surface area (Å²) < 4.78 is 28.1. The maximum Gasteiger partial charge on any atom is 0.272 e. The van der Waals surface area contributed by atoms with Crippen molar-refractivity contribution in [1.82, 2.24) is 10.3 Å². The van der Waals surface area contributed by atoms with Gasteiger partial charge in [0.05, 0.1) is 0 Å². The third kappa shape index (κ3) is 4.77. The molecule has 0 aliphatic rings. The van der Waals surface area contributed by atoms with Crippen LogP contribution < -0.4 is 10.0 Å². The Morgan fingerprint density at radius 2 is 2.10 bits per heavy atom. The summed E-state index contributed by atoms with van der Waals surface area (Å²) in [6.07, 6.45) is 2.60. The van der Waals surface area contributed by atoms with Crippen LogP contribution in [-0.4, -0.2) is 19.9 Å². The zero-order chi connectivity index (χ0) is 15.3. The van der Waals surface area contributed by atoms with Crippen molar-refractivity contribution in [2.75, 3.05) is 11.3 Å². The standard InChI is InChI=1S/C13H16BrN3O2S2/c1-2-7-15-9-11-4-6-13(20-11)21(18,19)17-12-5-3-10(14)8-16-12/h3-6,8,15H,2,7,9H2,1H3,(H,16,17). The van der Waals surface area contributed by atoms with Crippen molar-refractivity contribution in [2.24, 2.45) is 0 Å². The summed E-state index contributed by atoms with van der Waals surface area (Å²) in [5.41, 5.74) is 0. The van der Waals surface area contributed by atoms with Crippen molar-refractivity contribution in [2.45, 2.75) is 24.1 Å². The summed E-state index contributed by atoms with van der Waals surface area (Å²) in [6, 6.07) is 6.80. The van der Waals surface area contributed by atoms with Crippen LogP contribution in [0.3, 0.4) is 0 Å². The van der Waals surface area contributed by atoms with Crippen molar-refractivity contribution < 1.29 is 8.42 Å². The molecule has 0 saturated carbocycles. The predicted octanol–water partition coefficient (Wildman–Crippen LogP) is 3.21. The molecule has 0 bridgehead atoms. The average Bonchev–Trinajstić information content (AvgIpc) is 2.91. The molecule has 114 valence electrons. The summed E-state index contributed by atoms with van der Waals surface area (Å²) in [5.74, 6) is 0.303. The molecule has 0 fully saturated rings. The lowest BCUT2D eigenvalue weighted by Gasteiger charge is -2.05. The number of anilines is 1. The number of hydrogen-bond acceptors (Lipinski definition) is 5. The lowest BCUT2D eigenvalue weighted by atomic mass is 10.4. The molecule has 0 aliphatic carbocycles. The summed E-state index contributed by atoms with van der Waals surface area (Å²) in [5, 5.41) is 3.25. The second kappa shape index (κ2) is 7.35. The molecular weight excluding hydrogens is 374 g/mol. The van der Waals surface area contributed by atoms with Crippen LogP contribution in [0.1, 0.15) is 18.2 Å². The van der Waals surface area contributed by atoms with E-state index in [2.05, 4.69) is 37.9 Å². The first-order chi connectivity index (χ1) is 10.0. The number of pyridine rings is 1. The molecule has 0 radical (unpaired) electrons. The molecule has 2 aromatic rings.